The normalized spacial score (nSPS) is 14.7. The lowest BCUT2D eigenvalue weighted by molar-refractivity contribution is 0.579. The van der Waals surface area contributed by atoms with Crippen molar-refractivity contribution < 1.29 is 8.78 Å². The van der Waals surface area contributed by atoms with Crippen LogP contribution in [-0.2, 0) is 6.42 Å². The first-order chi connectivity index (χ1) is 9.17. The highest BCUT2D eigenvalue weighted by molar-refractivity contribution is 14.0. The van der Waals surface area contributed by atoms with Gasteiger partial charge in [0, 0.05) is 25.2 Å². The Balaban J connectivity index is 0.00000200. The number of nitrogens with zero attached hydrogens (tertiary/aromatic N) is 1. The van der Waals surface area contributed by atoms with Crippen molar-refractivity contribution in [1.29, 1.82) is 0 Å². The lowest BCUT2D eigenvalue weighted by Gasteiger charge is -2.10. The highest BCUT2D eigenvalue weighted by atomic mass is 127. The van der Waals surface area contributed by atoms with Gasteiger partial charge in [0.15, 0.2) is 5.96 Å². The van der Waals surface area contributed by atoms with Gasteiger partial charge in [-0.25, -0.2) is 8.78 Å². The average Bonchev–Trinajstić information content (AvgIpc) is 3.12. The second-order valence-corrected chi connectivity index (χ2v) is 4.71. The zero-order valence-corrected chi connectivity index (χ0v) is 13.8. The molecule has 0 heterocycles. The van der Waals surface area contributed by atoms with Gasteiger partial charge in [0.05, 0.1) is 0 Å². The van der Waals surface area contributed by atoms with Gasteiger partial charge >= 0.3 is 0 Å². The molecule has 0 amide bonds. The molecule has 0 unspecified atom stereocenters. The van der Waals surface area contributed by atoms with Crippen molar-refractivity contribution in [3.63, 3.8) is 0 Å². The first-order valence-corrected chi connectivity index (χ1v) is 6.67. The summed E-state index contributed by atoms with van der Waals surface area (Å²) in [6.07, 6.45) is 2.88. The highest BCUT2D eigenvalue weighted by Crippen LogP contribution is 2.18. The fourth-order valence-electron chi connectivity index (χ4n) is 1.79. The molecule has 0 bridgehead atoms. The van der Waals surface area contributed by atoms with E-state index in [-0.39, 0.29) is 24.0 Å². The molecule has 3 nitrogen and oxygen atoms in total. The van der Waals surface area contributed by atoms with Crippen LogP contribution in [0.4, 0.5) is 8.78 Å². The minimum atomic E-state index is -0.540. The number of guanidine groups is 1. The molecule has 0 spiro atoms. The van der Waals surface area contributed by atoms with Crippen LogP contribution in [0.5, 0.6) is 0 Å². The summed E-state index contributed by atoms with van der Waals surface area (Å²) in [7, 11) is 0. The fraction of sp³-hybridized carbons (Fsp3) is 0.500. The summed E-state index contributed by atoms with van der Waals surface area (Å²) in [6, 6.07) is 4.11. The second-order valence-electron chi connectivity index (χ2n) is 4.71. The standard InChI is InChI=1S/C14H19F2N3.HI/c1-2-17-14(19-13-3-4-13)18-6-5-10-7-11(15)9-12(16)8-10;/h7-9,13H,2-6H2,1H3,(H2,17,18,19);1H. The van der Waals surface area contributed by atoms with E-state index in [9.17, 15) is 8.78 Å². The van der Waals surface area contributed by atoms with E-state index in [0.29, 0.717) is 24.6 Å². The number of benzene rings is 1. The molecule has 1 fully saturated rings. The van der Waals surface area contributed by atoms with Gasteiger partial charge in [-0.2, -0.15) is 0 Å². The van der Waals surface area contributed by atoms with E-state index in [1.165, 1.54) is 25.0 Å². The molecule has 0 aliphatic heterocycles. The summed E-state index contributed by atoms with van der Waals surface area (Å²) in [5, 5.41) is 6.45. The molecule has 20 heavy (non-hydrogen) atoms. The maximum Gasteiger partial charge on any atom is 0.191 e. The molecule has 1 saturated carbocycles. The van der Waals surface area contributed by atoms with Gasteiger partial charge in [-0.15, -0.1) is 24.0 Å². The van der Waals surface area contributed by atoms with E-state index in [1.54, 1.807) is 0 Å². The molecule has 1 aliphatic carbocycles. The summed E-state index contributed by atoms with van der Waals surface area (Å²) >= 11 is 0. The molecule has 112 valence electrons. The van der Waals surface area contributed by atoms with Crippen molar-refractivity contribution in [1.82, 2.24) is 10.6 Å². The predicted molar refractivity (Wildman–Crippen MR) is 87.6 cm³/mol. The second kappa shape index (κ2) is 8.39. The molecule has 0 radical (unpaired) electrons. The van der Waals surface area contributed by atoms with Gasteiger partial charge in [-0.05, 0) is 43.9 Å². The van der Waals surface area contributed by atoms with Gasteiger partial charge in [0.1, 0.15) is 11.6 Å². The molecule has 0 saturated heterocycles. The Morgan fingerprint density at radius 2 is 1.90 bits per heavy atom. The van der Waals surface area contributed by atoms with Crippen LogP contribution >= 0.6 is 24.0 Å². The minimum Gasteiger partial charge on any atom is -0.357 e. The summed E-state index contributed by atoms with van der Waals surface area (Å²) in [6.45, 7) is 3.31. The molecule has 2 N–H and O–H groups in total. The first-order valence-electron chi connectivity index (χ1n) is 6.67. The largest absolute Gasteiger partial charge is 0.357 e. The van der Waals surface area contributed by atoms with Crippen molar-refractivity contribution in [3.05, 3.63) is 35.4 Å². The van der Waals surface area contributed by atoms with Gasteiger partial charge in [-0.1, -0.05) is 0 Å². The maximum atomic E-state index is 13.0. The zero-order chi connectivity index (χ0) is 13.7. The van der Waals surface area contributed by atoms with Gasteiger partial charge in [0.2, 0.25) is 0 Å². The minimum absolute atomic E-state index is 0. The molecule has 1 aromatic rings. The lowest BCUT2D eigenvalue weighted by Crippen LogP contribution is -2.38. The number of hydrogen-bond donors (Lipinski definition) is 2. The lowest BCUT2D eigenvalue weighted by atomic mass is 10.1. The van der Waals surface area contributed by atoms with Crippen LogP contribution < -0.4 is 10.6 Å². The Kier molecular flexibility index (Phi) is 7.18. The van der Waals surface area contributed by atoms with Crippen LogP contribution in [0.3, 0.4) is 0 Å². The van der Waals surface area contributed by atoms with Crippen LogP contribution in [-0.4, -0.2) is 25.1 Å². The number of nitrogens with one attached hydrogen (secondary N) is 2. The molecular weight excluding hydrogens is 375 g/mol. The quantitative estimate of drug-likeness (QED) is 0.457. The smallest absolute Gasteiger partial charge is 0.191 e. The molecule has 1 aliphatic rings. The van der Waals surface area contributed by atoms with E-state index < -0.39 is 11.6 Å². The monoisotopic (exact) mass is 395 g/mol. The van der Waals surface area contributed by atoms with Crippen LogP contribution in [0.25, 0.3) is 0 Å². The molecule has 6 heteroatoms. The highest BCUT2D eigenvalue weighted by Gasteiger charge is 2.21. The van der Waals surface area contributed by atoms with Crippen LogP contribution in [0.1, 0.15) is 25.3 Å². The Bertz CT molecular complexity index is 441. The molecule has 0 atom stereocenters. The third-order valence-corrected chi connectivity index (χ3v) is 2.86. The molecular formula is C14H20F2IN3. The Hall–Kier alpha value is -0.920. The van der Waals surface area contributed by atoms with E-state index in [0.717, 1.165) is 18.6 Å². The Morgan fingerprint density at radius 1 is 1.25 bits per heavy atom. The zero-order valence-electron chi connectivity index (χ0n) is 11.5. The number of aliphatic imine (C=N–C) groups is 1. The Morgan fingerprint density at radius 3 is 2.45 bits per heavy atom. The van der Waals surface area contributed by atoms with Crippen molar-refractivity contribution in [2.45, 2.75) is 32.2 Å². The predicted octanol–water partition coefficient (Wildman–Crippen LogP) is 2.84. The van der Waals surface area contributed by atoms with Gasteiger partial charge in [0.25, 0.3) is 0 Å². The SMILES string of the molecule is CCNC(=NCCc1cc(F)cc(F)c1)NC1CC1.I. The molecule has 2 rings (SSSR count). The van der Waals surface area contributed by atoms with E-state index in [4.69, 9.17) is 0 Å². The topological polar surface area (TPSA) is 36.4 Å². The molecule has 1 aromatic carbocycles. The van der Waals surface area contributed by atoms with Crippen LogP contribution in [0.2, 0.25) is 0 Å². The maximum absolute atomic E-state index is 13.0. The fourth-order valence-corrected chi connectivity index (χ4v) is 1.79. The van der Waals surface area contributed by atoms with Crippen molar-refractivity contribution in [2.24, 2.45) is 4.99 Å². The van der Waals surface area contributed by atoms with Crippen molar-refractivity contribution in [2.75, 3.05) is 13.1 Å². The van der Waals surface area contributed by atoms with Gasteiger partial charge < -0.3 is 10.6 Å². The first kappa shape index (κ1) is 17.1. The third kappa shape index (κ3) is 6.02. The average molecular weight is 395 g/mol. The van der Waals surface area contributed by atoms with Crippen molar-refractivity contribution in [3.8, 4) is 0 Å². The van der Waals surface area contributed by atoms with Gasteiger partial charge in [-0.3, -0.25) is 4.99 Å². The summed E-state index contributed by atoms with van der Waals surface area (Å²) in [4.78, 5) is 4.40. The van der Waals surface area contributed by atoms with Crippen molar-refractivity contribution >= 4 is 29.9 Å². The number of hydrogen-bond acceptors (Lipinski definition) is 1. The molecule has 0 aromatic heterocycles. The Labute approximate surface area is 135 Å². The summed E-state index contributed by atoms with van der Waals surface area (Å²) in [5.41, 5.74) is 0.628. The third-order valence-electron chi connectivity index (χ3n) is 2.86. The number of halogens is 3. The van der Waals surface area contributed by atoms with Crippen LogP contribution in [0, 0.1) is 11.6 Å². The van der Waals surface area contributed by atoms with E-state index in [1.807, 2.05) is 6.92 Å². The summed E-state index contributed by atoms with van der Waals surface area (Å²) < 4.78 is 26.0. The van der Waals surface area contributed by atoms with Crippen LogP contribution in [0.15, 0.2) is 23.2 Å². The van der Waals surface area contributed by atoms with E-state index >= 15 is 0 Å². The number of rotatable bonds is 5. The summed E-state index contributed by atoms with van der Waals surface area (Å²) in [5.74, 6) is -0.300. The van der Waals surface area contributed by atoms with E-state index in [2.05, 4.69) is 15.6 Å².